The molecule has 0 saturated carbocycles. The molecular formula is C16H18I3N3O7. The van der Waals surface area contributed by atoms with Crippen molar-refractivity contribution in [2.75, 3.05) is 26.1 Å². The minimum atomic E-state index is -1.29. The topological polar surface area (TPSA) is 154 Å². The molecule has 0 fully saturated rings. The fourth-order valence-corrected chi connectivity index (χ4v) is 6.63. The summed E-state index contributed by atoms with van der Waals surface area (Å²) in [6.45, 7) is 1.08. The lowest BCUT2D eigenvalue weighted by atomic mass is 10.1. The van der Waals surface area contributed by atoms with Crippen molar-refractivity contribution < 1.29 is 34.1 Å². The Morgan fingerprint density at radius 1 is 1.07 bits per heavy atom. The zero-order valence-electron chi connectivity index (χ0n) is 15.4. The number of aliphatic hydroxyl groups is 1. The van der Waals surface area contributed by atoms with Gasteiger partial charge in [-0.15, -0.1) is 0 Å². The van der Waals surface area contributed by atoms with Crippen molar-refractivity contribution in [3.63, 3.8) is 0 Å². The predicted molar refractivity (Wildman–Crippen MR) is 129 cm³/mol. The molecule has 160 valence electrons. The van der Waals surface area contributed by atoms with Crippen molar-refractivity contribution >= 4 is 97.2 Å². The van der Waals surface area contributed by atoms with Gasteiger partial charge in [0.15, 0.2) is 0 Å². The van der Waals surface area contributed by atoms with Crippen LogP contribution in [0.2, 0.25) is 0 Å². The van der Waals surface area contributed by atoms with Gasteiger partial charge in [-0.3, -0.25) is 14.4 Å². The molecule has 10 nitrogen and oxygen atoms in total. The molecule has 1 aromatic rings. The first-order valence-electron chi connectivity index (χ1n) is 7.90. The number of rotatable bonds is 8. The van der Waals surface area contributed by atoms with Crippen LogP contribution in [0.4, 0.5) is 5.69 Å². The summed E-state index contributed by atoms with van der Waals surface area (Å²) in [5, 5.41) is 26.7. The largest absolute Gasteiger partial charge is 0.478 e. The predicted octanol–water partition coefficient (Wildman–Crippen LogP) is 1.01. The van der Waals surface area contributed by atoms with Gasteiger partial charge in [0.05, 0.1) is 30.1 Å². The SMILES string of the molecule is CNC(=O)[C@@H](NC(=O)c1c(I)c(NC(=O)COC)c(I)c(C(=O)O)c1I)[C@@H](C)O. The van der Waals surface area contributed by atoms with Crippen molar-refractivity contribution in [2.45, 2.75) is 19.1 Å². The second-order valence-electron chi connectivity index (χ2n) is 5.66. The Morgan fingerprint density at radius 3 is 2.07 bits per heavy atom. The molecule has 5 N–H and O–H groups in total. The Balaban J connectivity index is 3.57. The number of amides is 3. The van der Waals surface area contributed by atoms with Crippen LogP contribution in [0.15, 0.2) is 0 Å². The number of nitrogens with one attached hydrogen (secondary N) is 3. The molecule has 0 aliphatic heterocycles. The molecule has 0 aromatic heterocycles. The van der Waals surface area contributed by atoms with E-state index in [0.29, 0.717) is 0 Å². The van der Waals surface area contributed by atoms with Gasteiger partial charge in [0, 0.05) is 17.7 Å². The third kappa shape index (κ3) is 6.34. The van der Waals surface area contributed by atoms with Gasteiger partial charge in [0.25, 0.3) is 5.91 Å². The number of aromatic carboxylic acids is 1. The van der Waals surface area contributed by atoms with E-state index in [4.69, 9.17) is 4.74 Å². The Labute approximate surface area is 207 Å². The van der Waals surface area contributed by atoms with Gasteiger partial charge in [-0.25, -0.2) is 4.79 Å². The maximum atomic E-state index is 12.9. The molecule has 0 aliphatic rings. The van der Waals surface area contributed by atoms with Crippen molar-refractivity contribution in [3.8, 4) is 0 Å². The monoisotopic (exact) mass is 745 g/mol. The van der Waals surface area contributed by atoms with Crippen LogP contribution in [0.25, 0.3) is 0 Å². The Kier molecular flexibility index (Phi) is 10.5. The summed E-state index contributed by atoms with van der Waals surface area (Å²) in [6, 6.07) is -1.25. The summed E-state index contributed by atoms with van der Waals surface area (Å²) in [5.41, 5.74) is -0.0611. The van der Waals surface area contributed by atoms with E-state index in [0.717, 1.165) is 0 Å². The van der Waals surface area contributed by atoms with Crippen LogP contribution in [-0.2, 0) is 14.3 Å². The van der Waals surface area contributed by atoms with Crippen molar-refractivity contribution in [1.29, 1.82) is 0 Å². The highest BCUT2D eigenvalue weighted by molar-refractivity contribution is 14.1. The van der Waals surface area contributed by atoms with E-state index < -0.39 is 35.8 Å². The molecule has 0 heterocycles. The van der Waals surface area contributed by atoms with Crippen LogP contribution >= 0.6 is 67.8 Å². The Morgan fingerprint density at radius 2 is 1.62 bits per heavy atom. The van der Waals surface area contributed by atoms with Gasteiger partial charge >= 0.3 is 5.97 Å². The number of hydrogen-bond donors (Lipinski definition) is 5. The van der Waals surface area contributed by atoms with Gasteiger partial charge in [-0.1, -0.05) is 0 Å². The Bertz CT molecular complexity index is 846. The maximum absolute atomic E-state index is 12.9. The molecule has 3 amide bonds. The van der Waals surface area contributed by atoms with E-state index in [1.54, 1.807) is 45.2 Å². The Hall–Kier alpha value is -0.790. The normalized spacial score (nSPS) is 12.7. The summed E-state index contributed by atoms with van der Waals surface area (Å²) in [4.78, 5) is 48.6. The molecule has 13 heteroatoms. The lowest BCUT2D eigenvalue weighted by Crippen LogP contribution is -2.52. The average molecular weight is 745 g/mol. The minimum Gasteiger partial charge on any atom is -0.478 e. The molecule has 0 bridgehead atoms. The van der Waals surface area contributed by atoms with E-state index in [1.807, 2.05) is 22.6 Å². The molecule has 0 radical (unpaired) electrons. The van der Waals surface area contributed by atoms with Gasteiger partial charge in [0.1, 0.15) is 12.6 Å². The second-order valence-corrected chi connectivity index (χ2v) is 8.90. The van der Waals surface area contributed by atoms with Gasteiger partial charge < -0.3 is 30.9 Å². The highest BCUT2D eigenvalue weighted by atomic mass is 127. The first kappa shape index (κ1) is 26.2. The number of benzene rings is 1. The smallest absolute Gasteiger partial charge is 0.337 e. The first-order valence-corrected chi connectivity index (χ1v) is 11.1. The lowest BCUT2D eigenvalue weighted by molar-refractivity contribution is -0.124. The third-order valence-electron chi connectivity index (χ3n) is 3.60. The number of carboxylic acids is 1. The van der Waals surface area contributed by atoms with E-state index >= 15 is 0 Å². The van der Waals surface area contributed by atoms with Crippen LogP contribution < -0.4 is 16.0 Å². The fourth-order valence-electron chi connectivity index (χ4n) is 2.24. The highest BCUT2D eigenvalue weighted by Crippen LogP contribution is 2.35. The summed E-state index contributed by atoms with van der Waals surface area (Å²) >= 11 is 5.33. The van der Waals surface area contributed by atoms with E-state index in [-0.39, 0.29) is 34.1 Å². The highest BCUT2D eigenvalue weighted by Gasteiger charge is 2.31. The molecule has 2 atom stereocenters. The van der Waals surface area contributed by atoms with Crippen LogP contribution in [0.5, 0.6) is 0 Å². The standard InChI is InChI=1S/C16H18I3N3O7/c1-5(23)12(15(26)20-2)22-14(25)7-9(17)8(16(27)28)11(19)13(10(7)18)21-6(24)4-29-3/h5,12,23H,4H2,1-3H3,(H,20,26)(H,21,24)(H,22,25)(H,27,28)/t5-,12+/m1/s1. The summed E-state index contributed by atoms with van der Waals surface area (Å²) < 4.78 is 5.42. The number of halogens is 3. The number of carbonyl (C=O) groups excluding carboxylic acids is 3. The number of anilines is 1. The summed E-state index contributed by atoms with van der Waals surface area (Å²) in [5.74, 6) is -3.20. The van der Waals surface area contributed by atoms with Crippen LogP contribution in [-0.4, -0.2) is 66.8 Å². The molecule has 0 unspecified atom stereocenters. The van der Waals surface area contributed by atoms with E-state index in [1.165, 1.54) is 21.1 Å². The van der Waals surface area contributed by atoms with Crippen LogP contribution in [0, 0.1) is 10.7 Å². The molecular weight excluding hydrogens is 727 g/mol. The number of carboxylic acid groups (broad SMARTS) is 1. The number of likely N-dealkylation sites (N-methyl/N-ethyl adjacent to an activating group) is 1. The average Bonchev–Trinajstić information content (AvgIpc) is 2.62. The maximum Gasteiger partial charge on any atom is 0.337 e. The zero-order valence-corrected chi connectivity index (χ0v) is 21.9. The van der Waals surface area contributed by atoms with Gasteiger partial charge in [-0.05, 0) is 74.7 Å². The molecule has 1 aromatic carbocycles. The summed E-state index contributed by atoms with van der Waals surface area (Å²) in [6.07, 6.45) is -1.20. The number of carbonyl (C=O) groups is 4. The third-order valence-corrected chi connectivity index (χ3v) is 6.83. The van der Waals surface area contributed by atoms with Crippen LogP contribution in [0.3, 0.4) is 0 Å². The number of aliphatic hydroxyl groups excluding tert-OH is 1. The van der Waals surface area contributed by atoms with E-state index in [9.17, 15) is 29.4 Å². The molecule has 1 rings (SSSR count). The first-order chi connectivity index (χ1) is 13.5. The lowest BCUT2D eigenvalue weighted by Gasteiger charge is -2.22. The van der Waals surface area contributed by atoms with Crippen LogP contribution in [0.1, 0.15) is 27.6 Å². The molecule has 0 spiro atoms. The minimum absolute atomic E-state index is 0.0358. The summed E-state index contributed by atoms with van der Waals surface area (Å²) in [7, 11) is 2.69. The van der Waals surface area contributed by atoms with Gasteiger partial charge in [0.2, 0.25) is 11.8 Å². The van der Waals surface area contributed by atoms with Crippen molar-refractivity contribution in [2.24, 2.45) is 0 Å². The molecule has 0 aliphatic carbocycles. The quantitative estimate of drug-likeness (QED) is 0.249. The molecule has 0 saturated heterocycles. The fraction of sp³-hybridized carbons (Fsp3) is 0.375. The van der Waals surface area contributed by atoms with Crippen molar-refractivity contribution in [1.82, 2.24) is 10.6 Å². The van der Waals surface area contributed by atoms with Crippen molar-refractivity contribution in [3.05, 3.63) is 21.8 Å². The number of methoxy groups -OCH3 is 1. The number of hydrogen-bond acceptors (Lipinski definition) is 6. The number of ether oxygens (including phenoxy) is 1. The van der Waals surface area contributed by atoms with Gasteiger partial charge in [-0.2, -0.15) is 0 Å². The van der Waals surface area contributed by atoms with E-state index in [2.05, 4.69) is 16.0 Å². The second kappa shape index (κ2) is 11.6. The molecule has 29 heavy (non-hydrogen) atoms. The zero-order chi connectivity index (χ0) is 22.5.